The van der Waals surface area contributed by atoms with Crippen LogP contribution in [0.2, 0.25) is 18.6 Å². The number of aliphatic hydroxyl groups excluding tert-OH is 1. The van der Waals surface area contributed by atoms with Crippen molar-refractivity contribution >= 4 is 25.7 Å². The minimum atomic E-state index is -3.14. The topological polar surface area (TPSA) is 49.8 Å². The molecule has 2 aliphatic heterocycles. The van der Waals surface area contributed by atoms with Crippen LogP contribution in [-0.4, -0.2) is 32.1 Å². The van der Waals surface area contributed by atoms with Gasteiger partial charge in [0, 0.05) is 29.3 Å². The van der Waals surface area contributed by atoms with Crippen molar-refractivity contribution in [3.63, 3.8) is 0 Å². The van der Waals surface area contributed by atoms with Gasteiger partial charge in [0.25, 0.3) is 5.91 Å². The van der Waals surface area contributed by atoms with Crippen molar-refractivity contribution in [2.45, 2.75) is 43.7 Å². The number of hydrogen-bond donors (Lipinski definition) is 1. The third-order valence-electron chi connectivity index (χ3n) is 6.20. The number of hydrogen-bond acceptors (Lipinski definition) is 3. The third kappa shape index (κ3) is 2.66. The molecule has 1 spiro atoms. The third-order valence-corrected chi connectivity index (χ3v) is 8.66. The summed E-state index contributed by atoms with van der Waals surface area (Å²) in [7, 11) is -3.14. The molecule has 4 rings (SSSR count). The zero-order valence-electron chi connectivity index (χ0n) is 16.4. The van der Waals surface area contributed by atoms with E-state index in [1.165, 1.54) is 0 Å². The Morgan fingerprint density at radius 2 is 1.79 bits per heavy atom. The molecule has 4 atom stereocenters. The van der Waals surface area contributed by atoms with Crippen LogP contribution in [0.4, 0.5) is 15.5 Å². The predicted molar refractivity (Wildman–Crippen MR) is 110 cm³/mol. The quantitative estimate of drug-likeness (QED) is 0.607. The second kappa shape index (κ2) is 6.79. The van der Waals surface area contributed by atoms with E-state index in [9.17, 15) is 9.90 Å². The first-order chi connectivity index (χ1) is 13.3. The molecule has 6 heteroatoms. The zero-order valence-corrected chi connectivity index (χ0v) is 17.4. The molecule has 0 bridgehead atoms. The van der Waals surface area contributed by atoms with E-state index < -0.39 is 20.1 Å². The summed E-state index contributed by atoms with van der Waals surface area (Å²) in [5.41, 5.74) is 0.763. The lowest BCUT2D eigenvalue weighted by Crippen LogP contribution is -2.44. The molecule has 1 N–H and O–H groups in total. The number of rotatable bonds is 4. The molecule has 0 aromatic heterocycles. The molecule has 1 saturated heterocycles. The highest BCUT2D eigenvalue weighted by atomic mass is 28.4. The second-order valence-corrected chi connectivity index (χ2v) is 12.1. The van der Waals surface area contributed by atoms with E-state index in [0.717, 1.165) is 16.9 Å². The van der Waals surface area contributed by atoms with Gasteiger partial charge in [0.1, 0.15) is 0 Å². The highest BCUT2D eigenvalue weighted by molar-refractivity contribution is 6.72. The maximum Gasteiger partial charge on any atom is 0.268 e. The van der Waals surface area contributed by atoms with Gasteiger partial charge in [0.05, 0.1) is 11.8 Å². The van der Waals surface area contributed by atoms with Gasteiger partial charge in [0.15, 0.2) is 5.60 Å². The van der Waals surface area contributed by atoms with Gasteiger partial charge < -0.3 is 14.0 Å². The molecule has 2 heterocycles. The Balaban J connectivity index is 1.89. The number of ether oxygens (including phenoxy) is 1. The zero-order chi connectivity index (χ0) is 20.1. The number of aliphatic hydroxyl groups is 1. The summed E-state index contributed by atoms with van der Waals surface area (Å²) < 4.78 is 21.8. The van der Waals surface area contributed by atoms with Crippen molar-refractivity contribution in [1.29, 1.82) is 0 Å². The lowest BCUT2D eigenvalue weighted by molar-refractivity contribution is -0.145. The first-order valence-corrected chi connectivity index (χ1v) is 12.7. The van der Waals surface area contributed by atoms with E-state index in [0.29, 0.717) is 6.42 Å². The average molecular weight is 400 g/mol. The summed E-state index contributed by atoms with van der Waals surface area (Å²) in [6.45, 7) is 5.18. The molecular weight excluding hydrogens is 373 g/mol. The maximum atomic E-state index is 15.3. The highest BCUT2D eigenvalue weighted by Crippen LogP contribution is 2.60. The van der Waals surface area contributed by atoms with Gasteiger partial charge in [-0.25, -0.2) is 0 Å². The average Bonchev–Trinajstić information content (AvgIpc) is 3.09. The number of nitrogens with zero attached hydrogens (tertiary/aromatic N) is 1. The highest BCUT2D eigenvalue weighted by Gasteiger charge is 2.66. The smallest absolute Gasteiger partial charge is 0.268 e. The van der Waals surface area contributed by atoms with E-state index in [-0.39, 0.29) is 24.0 Å². The number of anilines is 2. The Morgan fingerprint density at radius 3 is 2.43 bits per heavy atom. The maximum absolute atomic E-state index is 15.3. The summed E-state index contributed by atoms with van der Waals surface area (Å²) in [4.78, 5) is 15.5. The lowest BCUT2D eigenvalue weighted by atomic mass is 9.82. The van der Waals surface area contributed by atoms with Crippen molar-refractivity contribution in [3.05, 3.63) is 60.2 Å². The van der Waals surface area contributed by atoms with Crippen LogP contribution in [0.1, 0.15) is 18.9 Å². The normalized spacial score (nSPS) is 29.5. The van der Waals surface area contributed by atoms with Crippen LogP contribution >= 0.6 is 0 Å². The van der Waals surface area contributed by atoms with Crippen molar-refractivity contribution in [2.24, 2.45) is 5.92 Å². The van der Waals surface area contributed by atoms with E-state index in [1.54, 1.807) is 18.0 Å². The molecule has 0 radical (unpaired) electrons. The number of halogens is 1. The molecule has 0 aliphatic carbocycles. The van der Waals surface area contributed by atoms with Crippen molar-refractivity contribution in [1.82, 2.24) is 0 Å². The molecule has 1 fully saturated rings. The number of amides is 1. The Morgan fingerprint density at radius 1 is 1.14 bits per heavy atom. The van der Waals surface area contributed by atoms with Crippen LogP contribution in [-0.2, 0) is 15.1 Å². The van der Waals surface area contributed by atoms with Crippen molar-refractivity contribution in [3.8, 4) is 0 Å². The molecule has 0 saturated carbocycles. The molecule has 1 amide bonds. The van der Waals surface area contributed by atoms with Crippen molar-refractivity contribution in [2.75, 3.05) is 11.5 Å². The van der Waals surface area contributed by atoms with E-state index in [2.05, 4.69) is 0 Å². The molecule has 2 aromatic carbocycles. The van der Waals surface area contributed by atoms with E-state index >= 15 is 4.11 Å². The van der Waals surface area contributed by atoms with Crippen molar-refractivity contribution < 1.29 is 18.7 Å². The Bertz CT molecular complexity index is 885. The molecule has 2 aliphatic rings. The first kappa shape index (κ1) is 19.3. The van der Waals surface area contributed by atoms with Crippen LogP contribution < -0.4 is 4.90 Å². The van der Waals surface area contributed by atoms with Gasteiger partial charge in [-0.05, 0) is 37.7 Å². The summed E-state index contributed by atoms with van der Waals surface area (Å²) in [6.07, 6.45) is -0.142. The molecule has 28 heavy (non-hydrogen) atoms. The molecule has 2 aromatic rings. The monoisotopic (exact) mass is 399 g/mol. The van der Waals surface area contributed by atoms with Crippen LogP contribution in [0.3, 0.4) is 0 Å². The Kier molecular flexibility index (Phi) is 4.68. The minimum Gasteiger partial charge on any atom is -0.396 e. The van der Waals surface area contributed by atoms with E-state index in [4.69, 9.17) is 4.74 Å². The summed E-state index contributed by atoms with van der Waals surface area (Å²) in [5.74, 6) is -0.492. The van der Waals surface area contributed by atoms with Gasteiger partial charge in [-0.15, -0.1) is 0 Å². The van der Waals surface area contributed by atoms with Gasteiger partial charge in [-0.2, -0.15) is 0 Å². The van der Waals surface area contributed by atoms with Crippen LogP contribution in [0.15, 0.2) is 54.6 Å². The van der Waals surface area contributed by atoms with Gasteiger partial charge >= 0.3 is 0 Å². The standard InChI is InChI=1S/C22H26FNO3Si/c1-15-20(28(2,3)23)19(13-14-25)27-22(15)17-11-7-8-12-18(17)24(21(22)26)16-9-5-4-6-10-16/h4-12,15,19-20,25H,13-14H2,1-3H3/t15-,19+,20-,22+/m0/s1. The van der Waals surface area contributed by atoms with E-state index in [1.807, 2.05) is 61.5 Å². The fourth-order valence-corrected chi connectivity index (χ4v) is 7.70. The molecular formula is C22H26FNO3Si. The predicted octanol–water partition coefficient (Wildman–Crippen LogP) is 4.52. The van der Waals surface area contributed by atoms with Gasteiger partial charge in [-0.3, -0.25) is 9.69 Å². The van der Waals surface area contributed by atoms with Gasteiger partial charge in [0.2, 0.25) is 8.41 Å². The number of carbonyl (C=O) groups is 1. The molecule has 148 valence electrons. The number of para-hydroxylation sites is 2. The summed E-state index contributed by atoms with van der Waals surface area (Å²) >= 11 is 0. The molecule has 4 nitrogen and oxygen atoms in total. The Hall–Kier alpha value is -2.02. The van der Waals surface area contributed by atoms with Gasteiger partial charge in [-0.1, -0.05) is 43.3 Å². The SMILES string of the molecule is C[C@H]1[C@H]([Si](C)(C)F)[C@@H](CCO)O[C@]12C(=O)N(c1ccccc1)c1ccccc12. The largest absolute Gasteiger partial charge is 0.396 e. The fraction of sp³-hybridized carbons (Fsp3) is 0.409. The minimum absolute atomic E-state index is 0.0906. The first-order valence-electron chi connectivity index (χ1n) is 9.79. The van der Waals surface area contributed by atoms with Crippen LogP contribution in [0, 0.1) is 5.92 Å². The fourth-order valence-electron chi connectivity index (χ4n) is 5.16. The number of fused-ring (bicyclic) bond motifs is 2. The second-order valence-electron chi connectivity index (χ2n) is 8.28. The summed E-state index contributed by atoms with van der Waals surface area (Å²) in [5, 5.41) is 9.54. The van der Waals surface area contributed by atoms with Crippen LogP contribution in [0.5, 0.6) is 0 Å². The lowest BCUT2D eigenvalue weighted by Gasteiger charge is -2.31. The summed E-state index contributed by atoms with van der Waals surface area (Å²) in [6, 6.07) is 17.1. The number of carbonyl (C=O) groups excluding carboxylic acids is 1. The van der Waals surface area contributed by atoms with Crippen LogP contribution in [0.25, 0.3) is 0 Å². The Labute approximate surface area is 166 Å². The molecule has 0 unspecified atom stereocenters. The number of benzene rings is 2.